The van der Waals surface area contributed by atoms with Gasteiger partial charge in [0.25, 0.3) is 0 Å². The van der Waals surface area contributed by atoms with Crippen LogP contribution < -0.4 is 10.2 Å². The van der Waals surface area contributed by atoms with Crippen LogP contribution in [-0.2, 0) is 4.79 Å². The minimum Gasteiger partial charge on any atom is -0.316 e. The SMILES string of the molecule is Cc1ccc(N(C)C(=O)C2CCNC2)cc1Cl.Cl. The Balaban J connectivity index is 0.00000162. The summed E-state index contributed by atoms with van der Waals surface area (Å²) in [6.45, 7) is 3.66. The molecule has 0 aromatic heterocycles. The number of anilines is 1. The highest BCUT2D eigenvalue weighted by Crippen LogP contribution is 2.24. The number of hydrogen-bond acceptors (Lipinski definition) is 2. The van der Waals surface area contributed by atoms with Gasteiger partial charge in [0.1, 0.15) is 0 Å². The summed E-state index contributed by atoms with van der Waals surface area (Å²) in [6.07, 6.45) is 0.919. The van der Waals surface area contributed by atoms with Crippen molar-refractivity contribution in [3.05, 3.63) is 28.8 Å². The molecule has 1 saturated heterocycles. The lowest BCUT2D eigenvalue weighted by molar-refractivity contribution is -0.121. The zero-order chi connectivity index (χ0) is 12.4. The number of rotatable bonds is 2. The van der Waals surface area contributed by atoms with E-state index < -0.39 is 0 Å². The van der Waals surface area contributed by atoms with Crippen LogP contribution in [0.5, 0.6) is 0 Å². The maximum absolute atomic E-state index is 12.2. The molecule has 1 aliphatic heterocycles. The average molecular weight is 289 g/mol. The molecule has 1 aromatic rings. The van der Waals surface area contributed by atoms with Crippen LogP contribution >= 0.6 is 24.0 Å². The molecular weight excluding hydrogens is 271 g/mol. The molecule has 1 aromatic carbocycles. The fourth-order valence-electron chi connectivity index (χ4n) is 2.06. The van der Waals surface area contributed by atoms with Crippen molar-refractivity contribution in [1.29, 1.82) is 0 Å². The Morgan fingerprint density at radius 1 is 1.50 bits per heavy atom. The van der Waals surface area contributed by atoms with Crippen molar-refractivity contribution >= 4 is 35.6 Å². The Hall–Kier alpha value is -0.770. The highest BCUT2D eigenvalue weighted by Gasteiger charge is 2.25. The first-order valence-electron chi connectivity index (χ1n) is 5.84. The van der Waals surface area contributed by atoms with Crippen molar-refractivity contribution < 1.29 is 4.79 Å². The molecule has 100 valence electrons. The molecule has 0 radical (unpaired) electrons. The minimum absolute atomic E-state index is 0. The van der Waals surface area contributed by atoms with Gasteiger partial charge in [0, 0.05) is 24.3 Å². The molecule has 18 heavy (non-hydrogen) atoms. The van der Waals surface area contributed by atoms with Gasteiger partial charge in [0.05, 0.1) is 5.92 Å². The van der Waals surface area contributed by atoms with E-state index in [1.54, 1.807) is 4.90 Å². The third-order valence-electron chi connectivity index (χ3n) is 3.28. The van der Waals surface area contributed by atoms with Crippen molar-refractivity contribution in [2.24, 2.45) is 5.92 Å². The van der Waals surface area contributed by atoms with Gasteiger partial charge in [-0.1, -0.05) is 17.7 Å². The highest BCUT2D eigenvalue weighted by molar-refractivity contribution is 6.31. The van der Waals surface area contributed by atoms with Crippen LogP contribution in [0, 0.1) is 12.8 Å². The van der Waals surface area contributed by atoms with Crippen molar-refractivity contribution in [3.8, 4) is 0 Å². The fourth-order valence-corrected chi connectivity index (χ4v) is 2.23. The maximum atomic E-state index is 12.2. The van der Waals surface area contributed by atoms with E-state index in [4.69, 9.17) is 11.6 Å². The number of aryl methyl sites for hydroxylation is 1. The number of nitrogens with one attached hydrogen (secondary N) is 1. The molecular formula is C13H18Cl2N2O. The summed E-state index contributed by atoms with van der Waals surface area (Å²) < 4.78 is 0. The van der Waals surface area contributed by atoms with Gasteiger partial charge in [-0.05, 0) is 37.6 Å². The van der Waals surface area contributed by atoms with Gasteiger partial charge in [-0.15, -0.1) is 12.4 Å². The van der Waals surface area contributed by atoms with Gasteiger partial charge < -0.3 is 10.2 Å². The predicted octanol–water partition coefficient (Wildman–Crippen LogP) is 2.64. The van der Waals surface area contributed by atoms with Crippen LogP contribution in [0.2, 0.25) is 5.02 Å². The van der Waals surface area contributed by atoms with Crippen molar-refractivity contribution in [2.45, 2.75) is 13.3 Å². The van der Waals surface area contributed by atoms with Gasteiger partial charge in [-0.25, -0.2) is 0 Å². The molecule has 1 amide bonds. The van der Waals surface area contributed by atoms with Crippen LogP contribution in [0.4, 0.5) is 5.69 Å². The number of nitrogens with zero attached hydrogens (tertiary/aromatic N) is 1. The van der Waals surface area contributed by atoms with Crippen molar-refractivity contribution in [3.63, 3.8) is 0 Å². The number of hydrogen-bond donors (Lipinski definition) is 1. The first-order chi connectivity index (χ1) is 8.09. The third kappa shape index (κ3) is 3.16. The van der Waals surface area contributed by atoms with Gasteiger partial charge in [0.15, 0.2) is 0 Å². The molecule has 5 heteroatoms. The Labute approximate surface area is 119 Å². The smallest absolute Gasteiger partial charge is 0.231 e. The molecule has 0 spiro atoms. The first kappa shape index (κ1) is 15.3. The van der Waals surface area contributed by atoms with E-state index in [1.165, 1.54) is 0 Å². The topological polar surface area (TPSA) is 32.3 Å². The fraction of sp³-hybridized carbons (Fsp3) is 0.462. The van der Waals surface area contributed by atoms with Crippen molar-refractivity contribution in [2.75, 3.05) is 25.0 Å². The first-order valence-corrected chi connectivity index (χ1v) is 6.22. The van der Waals surface area contributed by atoms with E-state index >= 15 is 0 Å². The molecule has 2 rings (SSSR count). The lowest BCUT2D eigenvalue weighted by Gasteiger charge is -2.21. The summed E-state index contributed by atoms with van der Waals surface area (Å²) in [4.78, 5) is 13.9. The van der Waals surface area contributed by atoms with Gasteiger partial charge in [-0.3, -0.25) is 4.79 Å². The van der Waals surface area contributed by atoms with Crippen molar-refractivity contribution in [1.82, 2.24) is 5.32 Å². The molecule has 1 unspecified atom stereocenters. The van der Waals surface area contributed by atoms with Gasteiger partial charge in [-0.2, -0.15) is 0 Å². The molecule has 1 heterocycles. The monoisotopic (exact) mass is 288 g/mol. The Bertz CT molecular complexity index is 431. The number of carbonyl (C=O) groups is 1. The highest BCUT2D eigenvalue weighted by atomic mass is 35.5. The standard InChI is InChI=1S/C13H17ClN2O.ClH/c1-9-3-4-11(7-12(9)14)16(2)13(17)10-5-6-15-8-10;/h3-4,7,10,15H,5-6,8H2,1-2H3;1H. The quantitative estimate of drug-likeness (QED) is 0.907. The molecule has 0 bridgehead atoms. The molecule has 1 fully saturated rings. The zero-order valence-corrected chi connectivity index (χ0v) is 12.1. The van der Waals surface area contributed by atoms with Crippen LogP contribution in [0.3, 0.4) is 0 Å². The van der Waals surface area contributed by atoms with Crippen LogP contribution in [0.25, 0.3) is 0 Å². The zero-order valence-electron chi connectivity index (χ0n) is 10.6. The number of benzene rings is 1. The predicted molar refractivity (Wildman–Crippen MR) is 77.8 cm³/mol. The summed E-state index contributed by atoms with van der Waals surface area (Å²) in [5.41, 5.74) is 1.89. The van der Waals surface area contributed by atoms with Crippen LogP contribution in [0.1, 0.15) is 12.0 Å². The summed E-state index contributed by atoms with van der Waals surface area (Å²) in [5.74, 6) is 0.259. The Morgan fingerprint density at radius 3 is 2.78 bits per heavy atom. The minimum atomic E-state index is 0. The van der Waals surface area contributed by atoms with E-state index in [1.807, 2.05) is 32.2 Å². The molecule has 1 aliphatic rings. The molecule has 3 nitrogen and oxygen atoms in total. The van der Waals surface area contributed by atoms with Gasteiger partial charge in [0.2, 0.25) is 5.91 Å². The molecule has 0 saturated carbocycles. The van der Waals surface area contributed by atoms with E-state index in [2.05, 4.69) is 5.32 Å². The lowest BCUT2D eigenvalue weighted by atomic mass is 10.1. The van der Waals surface area contributed by atoms with Gasteiger partial charge >= 0.3 is 0 Å². The third-order valence-corrected chi connectivity index (χ3v) is 3.69. The largest absolute Gasteiger partial charge is 0.316 e. The number of carbonyl (C=O) groups excluding carboxylic acids is 1. The van der Waals surface area contributed by atoms with Crippen LogP contribution in [-0.4, -0.2) is 26.0 Å². The van der Waals surface area contributed by atoms with E-state index in [-0.39, 0.29) is 24.2 Å². The number of amides is 1. The Morgan fingerprint density at radius 2 is 2.22 bits per heavy atom. The summed E-state index contributed by atoms with van der Waals surface area (Å²) in [5, 5.41) is 3.91. The number of halogens is 2. The second-order valence-corrected chi connectivity index (χ2v) is 4.93. The van der Waals surface area contributed by atoms with E-state index in [9.17, 15) is 4.79 Å². The van der Waals surface area contributed by atoms with E-state index in [0.29, 0.717) is 5.02 Å². The summed E-state index contributed by atoms with van der Waals surface area (Å²) >= 11 is 6.07. The normalized spacial score (nSPS) is 18.3. The second-order valence-electron chi connectivity index (χ2n) is 4.52. The summed E-state index contributed by atoms with van der Waals surface area (Å²) in [7, 11) is 1.81. The molecule has 1 N–H and O–H groups in total. The molecule has 0 aliphatic carbocycles. The lowest BCUT2D eigenvalue weighted by Crippen LogP contribution is -2.33. The maximum Gasteiger partial charge on any atom is 0.231 e. The second kappa shape index (κ2) is 6.41. The Kier molecular flexibility index (Phi) is 5.45. The van der Waals surface area contributed by atoms with E-state index in [0.717, 1.165) is 30.8 Å². The summed E-state index contributed by atoms with van der Waals surface area (Å²) in [6, 6.07) is 5.72. The molecule has 1 atom stereocenters. The van der Waals surface area contributed by atoms with Crippen LogP contribution in [0.15, 0.2) is 18.2 Å². The average Bonchev–Trinajstić information content (AvgIpc) is 2.84.